The standard InChI is InChI=1S/C16H32N2O2/c1-14(2,3)19-8-7-17-9-16(10-17)11-18(12-16)13-20-15(4,5)6/h7-13H2,1-6H3. The second-order valence-corrected chi connectivity index (χ2v) is 8.54. The van der Waals surface area contributed by atoms with E-state index >= 15 is 0 Å². The average Bonchev–Trinajstić information content (AvgIpc) is 2.13. The lowest BCUT2D eigenvalue weighted by Gasteiger charge is -2.60. The Kier molecular flexibility index (Phi) is 4.51. The van der Waals surface area contributed by atoms with Crippen molar-refractivity contribution < 1.29 is 9.47 Å². The van der Waals surface area contributed by atoms with Crippen molar-refractivity contribution in [3.63, 3.8) is 0 Å². The number of ether oxygens (including phenoxy) is 2. The van der Waals surface area contributed by atoms with Crippen LogP contribution in [0.2, 0.25) is 0 Å². The number of nitrogens with zero attached hydrogens (tertiary/aromatic N) is 2. The lowest BCUT2D eigenvalue weighted by Crippen LogP contribution is -2.72. The molecule has 0 saturated carbocycles. The lowest BCUT2D eigenvalue weighted by molar-refractivity contribution is -0.171. The fourth-order valence-corrected chi connectivity index (χ4v) is 3.02. The Morgan fingerprint density at radius 3 is 1.80 bits per heavy atom. The monoisotopic (exact) mass is 284 g/mol. The van der Waals surface area contributed by atoms with E-state index in [4.69, 9.17) is 9.47 Å². The highest BCUT2D eigenvalue weighted by atomic mass is 16.5. The fraction of sp³-hybridized carbons (Fsp3) is 1.00. The normalized spacial score (nSPS) is 23.7. The van der Waals surface area contributed by atoms with Crippen molar-refractivity contribution >= 4 is 0 Å². The molecule has 0 bridgehead atoms. The van der Waals surface area contributed by atoms with Crippen LogP contribution < -0.4 is 0 Å². The molecule has 0 aromatic carbocycles. The Bertz CT molecular complexity index is 316. The first-order chi connectivity index (χ1) is 9.07. The van der Waals surface area contributed by atoms with Gasteiger partial charge in [0.05, 0.1) is 24.5 Å². The maximum atomic E-state index is 5.82. The van der Waals surface area contributed by atoms with Gasteiger partial charge in [0, 0.05) is 38.1 Å². The molecule has 0 aromatic heterocycles. The molecule has 4 heteroatoms. The van der Waals surface area contributed by atoms with Crippen LogP contribution in [-0.4, -0.2) is 67.1 Å². The van der Waals surface area contributed by atoms with E-state index in [2.05, 4.69) is 51.3 Å². The summed E-state index contributed by atoms with van der Waals surface area (Å²) in [4.78, 5) is 4.92. The van der Waals surface area contributed by atoms with E-state index in [1.165, 1.54) is 26.2 Å². The molecule has 0 N–H and O–H groups in total. The highest BCUT2D eigenvalue weighted by Gasteiger charge is 2.51. The highest BCUT2D eigenvalue weighted by molar-refractivity contribution is 5.05. The van der Waals surface area contributed by atoms with Crippen LogP contribution in [0.4, 0.5) is 0 Å². The van der Waals surface area contributed by atoms with Crippen molar-refractivity contribution in [2.24, 2.45) is 5.41 Å². The number of rotatable bonds is 5. The Morgan fingerprint density at radius 2 is 1.30 bits per heavy atom. The minimum atomic E-state index is -0.0291. The molecule has 0 radical (unpaired) electrons. The predicted octanol–water partition coefficient (Wildman–Crippen LogP) is 2.19. The third-order valence-electron chi connectivity index (χ3n) is 3.86. The maximum Gasteiger partial charge on any atom is 0.0997 e. The van der Waals surface area contributed by atoms with E-state index in [0.29, 0.717) is 5.41 Å². The van der Waals surface area contributed by atoms with Crippen LogP contribution in [0.1, 0.15) is 41.5 Å². The molecule has 118 valence electrons. The third kappa shape index (κ3) is 4.69. The molecule has 0 aromatic rings. The molecule has 20 heavy (non-hydrogen) atoms. The minimum Gasteiger partial charge on any atom is -0.375 e. The summed E-state index contributed by atoms with van der Waals surface area (Å²) in [6, 6.07) is 0. The van der Waals surface area contributed by atoms with Crippen molar-refractivity contribution in [1.29, 1.82) is 0 Å². The Morgan fingerprint density at radius 1 is 0.800 bits per heavy atom. The molecule has 0 aliphatic carbocycles. The van der Waals surface area contributed by atoms with Crippen LogP contribution in [0, 0.1) is 5.41 Å². The van der Waals surface area contributed by atoms with E-state index in [1.807, 2.05) is 0 Å². The minimum absolute atomic E-state index is 0.0138. The van der Waals surface area contributed by atoms with Crippen molar-refractivity contribution in [2.45, 2.75) is 52.7 Å². The van der Waals surface area contributed by atoms with Crippen LogP contribution >= 0.6 is 0 Å². The zero-order valence-corrected chi connectivity index (χ0v) is 14.2. The van der Waals surface area contributed by atoms with Gasteiger partial charge in [-0.05, 0) is 41.5 Å². The molecule has 0 amide bonds. The first kappa shape index (κ1) is 16.2. The van der Waals surface area contributed by atoms with Crippen LogP contribution in [0.15, 0.2) is 0 Å². The molecule has 2 fully saturated rings. The largest absolute Gasteiger partial charge is 0.375 e. The molecule has 4 nitrogen and oxygen atoms in total. The summed E-state index contributed by atoms with van der Waals surface area (Å²) in [6.45, 7) is 20.2. The molecule has 2 aliphatic heterocycles. The molecule has 2 heterocycles. The van der Waals surface area contributed by atoms with Gasteiger partial charge in [-0.1, -0.05) is 0 Å². The van der Waals surface area contributed by atoms with Gasteiger partial charge >= 0.3 is 0 Å². The summed E-state index contributed by atoms with van der Waals surface area (Å²) in [5.74, 6) is 0. The smallest absolute Gasteiger partial charge is 0.0997 e. The van der Waals surface area contributed by atoms with E-state index in [1.54, 1.807) is 0 Å². The van der Waals surface area contributed by atoms with Gasteiger partial charge in [-0.3, -0.25) is 9.80 Å². The van der Waals surface area contributed by atoms with Gasteiger partial charge < -0.3 is 9.47 Å². The number of hydrogen-bond donors (Lipinski definition) is 0. The first-order valence-corrected chi connectivity index (χ1v) is 7.80. The first-order valence-electron chi connectivity index (χ1n) is 7.80. The van der Waals surface area contributed by atoms with Gasteiger partial charge in [0.25, 0.3) is 0 Å². The molecular weight excluding hydrogens is 252 g/mol. The molecule has 2 aliphatic rings. The zero-order chi connectivity index (χ0) is 15.0. The second-order valence-electron chi connectivity index (χ2n) is 8.54. The molecule has 2 saturated heterocycles. The summed E-state index contributed by atoms with van der Waals surface area (Å²) in [7, 11) is 0. The van der Waals surface area contributed by atoms with E-state index < -0.39 is 0 Å². The summed E-state index contributed by atoms with van der Waals surface area (Å²) in [5, 5.41) is 0. The van der Waals surface area contributed by atoms with Gasteiger partial charge in [-0.15, -0.1) is 0 Å². The lowest BCUT2D eigenvalue weighted by atomic mass is 9.73. The summed E-state index contributed by atoms with van der Waals surface area (Å²) in [6.07, 6.45) is 0. The quantitative estimate of drug-likeness (QED) is 0.772. The molecule has 2 rings (SSSR count). The van der Waals surface area contributed by atoms with Crippen LogP contribution in [0.3, 0.4) is 0 Å². The van der Waals surface area contributed by atoms with Crippen molar-refractivity contribution in [1.82, 2.24) is 9.80 Å². The highest BCUT2D eigenvalue weighted by Crippen LogP contribution is 2.39. The van der Waals surface area contributed by atoms with Gasteiger partial charge in [0.15, 0.2) is 0 Å². The van der Waals surface area contributed by atoms with Gasteiger partial charge in [0.2, 0.25) is 0 Å². The SMILES string of the molecule is CC(C)(C)OCCN1CC2(C1)CN(COC(C)(C)C)C2. The molecule has 1 spiro atoms. The maximum absolute atomic E-state index is 5.82. The van der Waals surface area contributed by atoms with Crippen LogP contribution in [0.25, 0.3) is 0 Å². The topological polar surface area (TPSA) is 24.9 Å². The molecular formula is C16H32N2O2. The van der Waals surface area contributed by atoms with Crippen molar-refractivity contribution in [3.8, 4) is 0 Å². The Balaban J connectivity index is 1.55. The fourth-order valence-electron chi connectivity index (χ4n) is 3.02. The van der Waals surface area contributed by atoms with E-state index in [9.17, 15) is 0 Å². The molecule has 0 atom stereocenters. The third-order valence-corrected chi connectivity index (χ3v) is 3.86. The van der Waals surface area contributed by atoms with Crippen LogP contribution in [0.5, 0.6) is 0 Å². The Labute approximate surface area is 124 Å². The van der Waals surface area contributed by atoms with Gasteiger partial charge in [0.1, 0.15) is 0 Å². The zero-order valence-electron chi connectivity index (χ0n) is 14.2. The number of hydrogen-bond acceptors (Lipinski definition) is 4. The van der Waals surface area contributed by atoms with Crippen LogP contribution in [-0.2, 0) is 9.47 Å². The molecule has 0 unspecified atom stereocenters. The van der Waals surface area contributed by atoms with E-state index in [0.717, 1.165) is 19.9 Å². The summed E-state index contributed by atoms with van der Waals surface area (Å²) >= 11 is 0. The van der Waals surface area contributed by atoms with Crippen molar-refractivity contribution in [3.05, 3.63) is 0 Å². The Hall–Kier alpha value is -0.160. The number of likely N-dealkylation sites (tertiary alicyclic amines) is 2. The summed E-state index contributed by atoms with van der Waals surface area (Å²) in [5.41, 5.74) is 0.516. The van der Waals surface area contributed by atoms with Gasteiger partial charge in [-0.25, -0.2) is 0 Å². The van der Waals surface area contributed by atoms with E-state index in [-0.39, 0.29) is 11.2 Å². The average molecular weight is 284 g/mol. The van der Waals surface area contributed by atoms with Gasteiger partial charge in [-0.2, -0.15) is 0 Å². The van der Waals surface area contributed by atoms with Crippen molar-refractivity contribution in [2.75, 3.05) is 46.1 Å². The predicted molar refractivity (Wildman–Crippen MR) is 81.9 cm³/mol. The summed E-state index contributed by atoms with van der Waals surface area (Å²) < 4.78 is 11.6. The second kappa shape index (κ2) is 5.56.